The van der Waals surface area contributed by atoms with Crippen molar-refractivity contribution in [2.75, 3.05) is 25.5 Å². The van der Waals surface area contributed by atoms with Crippen LogP contribution in [-0.2, 0) is 6.54 Å². The fraction of sp³-hybridized carbons (Fsp3) is 0.545. The summed E-state index contributed by atoms with van der Waals surface area (Å²) in [5.41, 5.74) is 3.55. The molecule has 29 heavy (non-hydrogen) atoms. The highest BCUT2D eigenvalue weighted by molar-refractivity contribution is 5.91. The molecule has 0 radical (unpaired) electrons. The maximum absolute atomic E-state index is 6.24. The zero-order valence-corrected chi connectivity index (χ0v) is 17.4. The molecule has 1 saturated carbocycles. The maximum atomic E-state index is 6.24. The van der Waals surface area contributed by atoms with Crippen LogP contribution in [0.5, 0.6) is 0 Å². The van der Waals surface area contributed by atoms with Crippen LogP contribution >= 0.6 is 0 Å². The standard InChI is InChI=1S/C22H29N5O2/c1-13-20(14(2)29-26-13)19-11-15-10-18(12-23-16-4-5-16)28-21(15)22(25-19)24-17-6-8-27(3)9-7-17/h10-11,16-17,23H,4-9,12H2,1-3H3,(H,24,25). The number of pyridine rings is 1. The molecule has 5 rings (SSSR count). The van der Waals surface area contributed by atoms with Crippen LogP contribution in [0.2, 0.25) is 0 Å². The van der Waals surface area contributed by atoms with Crippen LogP contribution in [0.4, 0.5) is 5.82 Å². The maximum Gasteiger partial charge on any atom is 0.176 e. The number of aromatic nitrogens is 2. The van der Waals surface area contributed by atoms with Crippen LogP contribution in [0.1, 0.15) is 42.9 Å². The summed E-state index contributed by atoms with van der Waals surface area (Å²) in [6.07, 6.45) is 4.74. The number of likely N-dealkylation sites (tertiary alicyclic amines) is 1. The van der Waals surface area contributed by atoms with E-state index in [0.29, 0.717) is 12.1 Å². The van der Waals surface area contributed by atoms with Crippen LogP contribution in [0.3, 0.4) is 0 Å². The number of rotatable bonds is 6. The molecule has 7 nitrogen and oxygen atoms in total. The van der Waals surface area contributed by atoms with Crippen LogP contribution < -0.4 is 10.6 Å². The molecule has 1 saturated heterocycles. The van der Waals surface area contributed by atoms with Crippen molar-refractivity contribution in [3.8, 4) is 11.3 Å². The molecule has 0 spiro atoms. The van der Waals surface area contributed by atoms with Crippen molar-refractivity contribution in [2.45, 2.75) is 58.2 Å². The van der Waals surface area contributed by atoms with Gasteiger partial charge in [0.2, 0.25) is 0 Å². The Bertz CT molecular complexity index is 992. The van der Waals surface area contributed by atoms with Crippen molar-refractivity contribution in [1.29, 1.82) is 0 Å². The van der Waals surface area contributed by atoms with Gasteiger partial charge in [0.1, 0.15) is 11.5 Å². The zero-order valence-electron chi connectivity index (χ0n) is 17.4. The Morgan fingerprint density at radius 3 is 2.59 bits per heavy atom. The first-order valence-corrected chi connectivity index (χ1v) is 10.6. The van der Waals surface area contributed by atoms with Gasteiger partial charge in [-0.25, -0.2) is 4.98 Å². The van der Waals surface area contributed by atoms with Gasteiger partial charge < -0.3 is 24.5 Å². The summed E-state index contributed by atoms with van der Waals surface area (Å²) >= 11 is 0. The number of hydrogen-bond donors (Lipinski definition) is 2. The predicted molar refractivity (Wildman–Crippen MR) is 113 cm³/mol. The monoisotopic (exact) mass is 395 g/mol. The van der Waals surface area contributed by atoms with E-state index in [2.05, 4.69) is 39.9 Å². The third kappa shape index (κ3) is 3.89. The van der Waals surface area contributed by atoms with E-state index in [9.17, 15) is 0 Å². The molecule has 0 unspecified atom stereocenters. The van der Waals surface area contributed by atoms with Gasteiger partial charge in [0.05, 0.1) is 23.5 Å². The van der Waals surface area contributed by atoms with Crippen LogP contribution in [0, 0.1) is 13.8 Å². The molecule has 7 heteroatoms. The highest BCUT2D eigenvalue weighted by atomic mass is 16.5. The first-order valence-electron chi connectivity index (χ1n) is 10.6. The van der Waals surface area contributed by atoms with Crippen molar-refractivity contribution in [3.63, 3.8) is 0 Å². The molecule has 3 aromatic heterocycles. The first kappa shape index (κ1) is 18.6. The fourth-order valence-electron chi connectivity index (χ4n) is 4.14. The third-order valence-corrected chi connectivity index (χ3v) is 6.04. The molecule has 1 aliphatic heterocycles. The molecule has 0 atom stereocenters. The Kier molecular flexibility index (Phi) is 4.80. The van der Waals surface area contributed by atoms with E-state index in [1.54, 1.807) is 0 Å². The van der Waals surface area contributed by atoms with Crippen molar-refractivity contribution >= 4 is 16.8 Å². The number of piperidine rings is 1. The van der Waals surface area contributed by atoms with Crippen LogP contribution in [-0.4, -0.2) is 47.3 Å². The van der Waals surface area contributed by atoms with Gasteiger partial charge >= 0.3 is 0 Å². The van der Waals surface area contributed by atoms with Crippen LogP contribution in [0.25, 0.3) is 22.2 Å². The lowest BCUT2D eigenvalue weighted by Crippen LogP contribution is -2.36. The minimum atomic E-state index is 0.403. The number of aryl methyl sites for hydroxylation is 2. The van der Waals surface area contributed by atoms with Gasteiger partial charge in [-0.05, 0) is 71.8 Å². The SMILES string of the molecule is Cc1noc(C)c1-c1cc2cc(CNC3CC3)oc2c(NC2CCN(C)CC2)n1. The average molecular weight is 396 g/mol. The van der Waals surface area contributed by atoms with E-state index >= 15 is 0 Å². The highest BCUT2D eigenvalue weighted by Gasteiger charge is 2.23. The Morgan fingerprint density at radius 1 is 1.10 bits per heavy atom. The molecule has 1 aliphatic carbocycles. The molecular formula is C22H29N5O2. The summed E-state index contributed by atoms with van der Waals surface area (Å²) in [6.45, 7) is 6.85. The predicted octanol–water partition coefficient (Wildman–Crippen LogP) is 3.86. The smallest absolute Gasteiger partial charge is 0.176 e. The number of nitrogens with one attached hydrogen (secondary N) is 2. The van der Waals surface area contributed by atoms with Crippen molar-refractivity contribution < 1.29 is 8.94 Å². The summed E-state index contributed by atoms with van der Waals surface area (Å²) in [4.78, 5) is 7.33. The number of hydrogen-bond acceptors (Lipinski definition) is 7. The Balaban J connectivity index is 1.51. The van der Waals surface area contributed by atoms with E-state index in [-0.39, 0.29) is 0 Å². The Labute approximate surface area is 170 Å². The molecule has 2 N–H and O–H groups in total. The number of anilines is 1. The van der Waals surface area contributed by atoms with Gasteiger partial charge in [0.25, 0.3) is 0 Å². The van der Waals surface area contributed by atoms with E-state index in [1.807, 2.05) is 13.8 Å². The van der Waals surface area contributed by atoms with Crippen molar-refractivity contribution in [1.82, 2.24) is 20.4 Å². The van der Waals surface area contributed by atoms with Gasteiger partial charge in [-0.3, -0.25) is 0 Å². The van der Waals surface area contributed by atoms with Crippen molar-refractivity contribution in [2.24, 2.45) is 0 Å². The van der Waals surface area contributed by atoms with Gasteiger partial charge in [0.15, 0.2) is 11.4 Å². The summed E-state index contributed by atoms with van der Waals surface area (Å²) < 4.78 is 11.6. The highest BCUT2D eigenvalue weighted by Crippen LogP contribution is 2.34. The number of nitrogens with zero attached hydrogens (tertiary/aromatic N) is 3. The fourth-order valence-corrected chi connectivity index (χ4v) is 4.14. The average Bonchev–Trinajstić information content (AvgIpc) is 3.35. The minimum Gasteiger partial charge on any atom is -0.456 e. The molecule has 0 bridgehead atoms. The Morgan fingerprint density at radius 2 is 1.90 bits per heavy atom. The topological polar surface area (TPSA) is 79.4 Å². The van der Waals surface area contributed by atoms with Gasteiger partial charge in [-0.2, -0.15) is 0 Å². The summed E-state index contributed by atoms with van der Waals surface area (Å²) in [5.74, 6) is 2.57. The lowest BCUT2D eigenvalue weighted by Gasteiger charge is -2.29. The van der Waals surface area contributed by atoms with Crippen LogP contribution in [0.15, 0.2) is 21.1 Å². The lowest BCUT2D eigenvalue weighted by molar-refractivity contribution is 0.263. The lowest BCUT2D eigenvalue weighted by atomic mass is 10.1. The summed E-state index contributed by atoms with van der Waals surface area (Å²) in [5, 5.41) is 12.4. The van der Waals surface area contributed by atoms with E-state index in [4.69, 9.17) is 13.9 Å². The normalized spacial score (nSPS) is 18.6. The number of fused-ring (bicyclic) bond motifs is 1. The van der Waals surface area contributed by atoms with Gasteiger partial charge in [-0.15, -0.1) is 0 Å². The molecular weight excluding hydrogens is 366 g/mol. The van der Waals surface area contributed by atoms with Gasteiger partial charge in [-0.1, -0.05) is 5.16 Å². The molecule has 2 aliphatic rings. The summed E-state index contributed by atoms with van der Waals surface area (Å²) in [6, 6.07) is 5.27. The van der Waals surface area contributed by atoms with Crippen molar-refractivity contribution in [3.05, 3.63) is 29.3 Å². The quantitative estimate of drug-likeness (QED) is 0.656. The minimum absolute atomic E-state index is 0.403. The largest absolute Gasteiger partial charge is 0.456 e. The molecule has 4 heterocycles. The Hall–Kier alpha value is -2.38. The second-order valence-corrected chi connectivity index (χ2v) is 8.56. The molecule has 3 aromatic rings. The summed E-state index contributed by atoms with van der Waals surface area (Å²) in [7, 11) is 2.18. The first-order chi connectivity index (χ1) is 14.1. The molecule has 0 aromatic carbocycles. The van der Waals surface area contributed by atoms with E-state index in [1.165, 1.54) is 12.8 Å². The third-order valence-electron chi connectivity index (χ3n) is 6.04. The van der Waals surface area contributed by atoms with Gasteiger partial charge in [0, 0.05) is 17.5 Å². The number of furan rings is 1. The zero-order chi connectivity index (χ0) is 20.0. The second kappa shape index (κ2) is 7.46. The molecule has 2 fully saturated rings. The van der Waals surface area contributed by atoms with E-state index < -0.39 is 0 Å². The van der Waals surface area contributed by atoms with E-state index in [0.717, 1.165) is 77.7 Å². The molecule has 0 amide bonds. The molecule has 154 valence electrons. The second-order valence-electron chi connectivity index (χ2n) is 8.56.